The van der Waals surface area contributed by atoms with E-state index in [2.05, 4.69) is 46.1 Å². The Hall–Kier alpha value is -5.20. The van der Waals surface area contributed by atoms with Gasteiger partial charge in [0.2, 0.25) is 5.91 Å². The first-order valence-corrected chi connectivity index (χ1v) is 13.5. The van der Waals surface area contributed by atoms with Gasteiger partial charge < -0.3 is 10.1 Å². The smallest absolute Gasteiger partial charge is 0.411 e. The number of amides is 2. The molecule has 0 fully saturated rings. The highest BCUT2D eigenvalue weighted by molar-refractivity contribution is 6.32. The minimum atomic E-state index is -0.579. The molecule has 0 saturated carbocycles. The molecule has 3 heterocycles. The second-order valence-corrected chi connectivity index (χ2v) is 9.87. The third-order valence-electron chi connectivity index (χ3n) is 6.26. The summed E-state index contributed by atoms with van der Waals surface area (Å²) < 4.78 is 6.11. The number of nitrogens with zero attached hydrogens (tertiary/aromatic N) is 7. The number of tetrazole rings is 1. The van der Waals surface area contributed by atoms with Crippen molar-refractivity contribution >= 4 is 47.0 Å². The maximum atomic E-state index is 13.2. The van der Waals surface area contributed by atoms with Crippen molar-refractivity contribution in [3.8, 4) is 16.8 Å². The van der Waals surface area contributed by atoms with Gasteiger partial charge in [-0.3, -0.25) is 15.1 Å². The fourth-order valence-corrected chi connectivity index (χ4v) is 4.56. The van der Waals surface area contributed by atoms with Crippen molar-refractivity contribution < 1.29 is 14.3 Å². The van der Waals surface area contributed by atoms with Crippen LogP contribution in [0, 0.1) is 0 Å². The zero-order chi connectivity index (χ0) is 30.2. The Kier molecular flexibility index (Phi) is 9.29. The monoisotopic (exact) mass is 615 g/mol. The molecule has 14 heteroatoms. The Morgan fingerprint density at radius 2 is 1.81 bits per heavy atom. The molecule has 0 aliphatic heterocycles. The van der Waals surface area contributed by atoms with Crippen molar-refractivity contribution in [1.29, 1.82) is 0 Å². The van der Waals surface area contributed by atoms with Gasteiger partial charge in [-0.05, 0) is 82.6 Å². The van der Waals surface area contributed by atoms with E-state index in [0.29, 0.717) is 39.6 Å². The van der Waals surface area contributed by atoms with Crippen LogP contribution in [0.3, 0.4) is 0 Å². The highest BCUT2D eigenvalue weighted by Gasteiger charge is 2.19. The first-order valence-electron chi connectivity index (χ1n) is 12.8. The number of rotatable bonds is 9. The van der Waals surface area contributed by atoms with E-state index in [1.54, 1.807) is 67.0 Å². The standard InChI is InChI=1S/C29H23Cl2N9O3/c1-43-29(42)34-22-6-2-19(3-7-22)23-16-25(36-37-28(23)31)24(14-18-10-12-32-13-11-18)35-27(41)9-4-20-15-21(30)5-8-26(20)40-17-33-38-39-40/h2-13,15-17,24H,14H2,1H3,(H,34,42)(H,35,41)/b9-4+/t24-/m0/s1. The molecule has 2 amide bonds. The molecule has 5 aromatic rings. The molecule has 0 aliphatic rings. The molecule has 43 heavy (non-hydrogen) atoms. The number of pyridine rings is 1. The van der Waals surface area contributed by atoms with Crippen LogP contribution in [0.25, 0.3) is 22.9 Å². The molecule has 216 valence electrons. The van der Waals surface area contributed by atoms with Crippen molar-refractivity contribution in [3.05, 3.63) is 112 Å². The van der Waals surface area contributed by atoms with Gasteiger partial charge in [-0.1, -0.05) is 35.3 Å². The number of hydrogen-bond donors (Lipinski definition) is 2. The maximum Gasteiger partial charge on any atom is 0.411 e. The summed E-state index contributed by atoms with van der Waals surface area (Å²) in [5, 5.41) is 26.0. The van der Waals surface area contributed by atoms with Crippen LogP contribution in [0.15, 0.2) is 85.5 Å². The fraction of sp³-hybridized carbons (Fsp3) is 0.103. The molecule has 0 radical (unpaired) electrons. The molecule has 0 unspecified atom stereocenters. The Bertz CT molecular complexity index is 1750. The lowest BCUT2D eigenvalue weighted by Crippen LogP contribution is -2.29. The number of carbonyl (C=O) groups excluding carboxylic acids is 2. The molecule has 0 saturated heterocycles. The van der Waals surface area contributed by atoms with Crippen LogP contribution in [0.5, 0.6) is 0 Å². The first-order chi connectivity index (χ1) is 20.9. The summed E-state index contributed by atoms with van der Waals surface area (Å²) in [6, 6.07) is 17.1. The Labute approximate surface area is 255 Å². The maximum absolute atomic E-state index is 13.2. The summed E-state index contributed by atoms with van der Waals surface area (Å²) in [5.74, 6) is -0.377. The zero-order valence-electron chi connectivity index (χ0n) is 22.6. The number of methoxy groups -OCH3 is 1. The summed E-state index contributed by atoms with van der Waals surface area (Å²) in [6.45, 7) is 0. The fourth-order valence-electron chi connectivity index (χ4n) is 4.18. The molecular weight excluding hydrogens is 593 g/mol. The van der Waals surface area contributed by atoms with Crippen molar-refractivity contribution in [2.24, 2.45) is 0 Å². The van der Waals surface area contributed by atoms with Crippen LogP contribution in [0.1, 0.15) is 22.9 Å². The molecule has 0 aliphatic carbocycles. The molecule has 3 aromatic heterocycles. The van der Waals surface area contributed by atoms with Crippen molar-refractivity contribution in [1.82, 2.24) is 40.7 Å². The van der Waals surface area contributed by atoms with Crippen molar-refractivity contribution in [2.75, 3.05) is 12.4 Å². The Morgan fingerprint density at radius 3 is 2.53 bits per heavy atom. The predicted octanol–water partition coefficient (Wildman–Crippen LogP) is 5.11. The van der Waals surface area contributed by atoms with Crippen molar-refractivity contribution in [2.45, 2.75) is 12.5 Å². The Morgan fingerprint density at radius 1 is 1.02 bits per heavy atom. The quantitative estimate of drug-likeness (QED) is 0.215. The van der Waals surface area contributed by atoms with E-state index < -0.39 is 12.1 Å². The molecular formula is C29H23Cl2N9O3. The number of aromatic nitrogens is 7. The van der Waals surface area contributed by atoms with Crippen molar-refractivity contribution in [3.63, 3.8) is 0 Å². The zero-order valence-corrected chi connectivity index (χ0v) is 24.1. The summed E-state index contributed by atoms with van der Waals surface area (Å²) in [6.07, 6.45) is 7.66. The van der Waals surface area contributed by atoms with E-state index in [1.165, 1.54) is 24.2 Å². The molecule has 0 bridgehead atoms. The summed E-state index contributed by atoms with van der Waals surface area (Å²) in [5.41, 5.74) is 4.59. The largest absolute Gasteiger partial charge is 0.453 e. The van der Waals surface area contributed by atoms with Crippen LogP contribution < -0.4 is 10.6 Å². The van der Waals surface area contributed by atoms with Gasteiger partial charge in [0.05, 0.1) is 24.5 Å². The highest BCUT2D eigenvalue weighted by atomic mass is 35.5. The first kappa shape index (κ1) is 29.3. The third-order valence-corrected chi connectivity index (χ3v) is 6.77. The summed E-state index contributed by atoms with van der Waals surface area (Å²) in [4.78, 5) is 28.8. The lowest BCUT2D eigenvalue weighted by atomic mass is 10.0. The summed E-state index contributed by atoms with van der Waals surface area (Å²) >= 11 is 12.7. The van der Waals surface area contributed by atoms with Crippen LogP contribution in [0.4, 0.5) is 10.5 Å². The molecule has 2 aromatic carbocycles. The minimum absolute atomic E-state index is 0.183. The van der Waals surface area contributed by atoms with E-state index in [0.717, 1.165) is 11.1 Å². The predicted molar refractivity (Wildman–Crippen MR) is 161 cm³/mol. The van der Waals surface area contributed by atoms with Gasteiger partial charge in [0.1, 0.15) is 6.33 Å². The van der Waals surface area contributed by atoms with E-state index in [4.69, 9.17) is 23.2 Å². The molecule has 0 spiro atoms. The number of halogens is 2. The van der Waals surface area contributed by atoms with E-state index in [1.807, 2.05) is 12.1 Å². The lowest BCUT2D eigenvalue weighted by molar-refractivity contribution is -0.117. The van der Waals surface area contributed by atoms with Gasteiger partial charge in [-0.2, -0.15) is 9.78 Å². The van der Waals surface area contributed by atoms with E-state index >= 15 is 0 Å². The second kappa shape index (κ2) is 13.6. The van der Waals surface area contributed by atoms with Gasteiger partial charge in [-0.25, -0.2) is 4.79 Å². The highest BCUT2D eigenvalue weighted by Crippen LogP contribution is 2.30. The average molecular weight is 616 g/mol. The minimum Gasteiger partial charge on any atom is -0.453 e. The summed E-state index contributed by atoms with van der Waals surface area (Å²) in [7, 11) is 1.29. The van der Waals surface area contributed by atoms with Crippen LogP contribution in [0.2, 0.25) is 10.2 Å². The number of hydrogen-bond acceptors (Lipinski definition) is 9. The van der Waals surface area contributed by atoms with Gasteiger partial charge in [-0.15, -0.1) is 10.2 Å². The van der Waals surface area contributed by atoms with E-state index in [9.17, 15) is 9.59 Å². The van der Waals surface area contributed by atoms with E-state index in [-0.39, 0.29) is 11.1 Å². The van der Waals surface area contributed by atoms with Gasteiger partial charge >= 0.3 is 6.09 Å². The Balaban J connectivity index is 1.42. The number of anilines is 1. The molecule has 12 nitrogen and oxygen atoms in total. The van der Waals surface area contributed by atoms with Gasteiger partial charge in [0, 0.05) is 40.3 Å². The van der Waals surface area contributed by atoms with Gasteiger partial charge in [0.25, 0.3) is 0 Å². The molecule has 2 N–H and O–H groups in total. The third kappa shape index (κ3) is 7.56. The number of carbonyl (C=O) groups is 2. The topological polar surface area (TPSA) is 150 Å². The van der Waals surface area contributed by atoms with Crippen LogP contribution in [-0.2, 0) is 16.0 Å². The molecule has 5 rings (SSSR count). The molecule has 1 atom stereocenters. The van der Waals surface area contributed by atoms with Gasteiger partial charge in [0.15, 0.2) is 5.15 Å². The number of benzene rings is 2. The second-order valence-electron chi connectivity index (χ2n) is 9.08. The normalized spacial score (nSPS) is 11.7. The number of ether oxygens (including phenoxy) is 1. The van der Waals surface area contributed by atoms with Crippen LogP contribution in [-0.4, -0.2) is 54.5 Å². The lowest BCUT2D eigenvalue weighted by Gasteiger charge is -2.18. The average Bonchev–Trinajstić information content (AvgIpc) is 3.56. The number of nitrogens with one attached hydrogen (secondary N) is 2. The SMILES string of the molecule is COC(=O)Nc1ccc(-c2cc([C@H](Cc3ccncc3)NC(=O)/C=C/c3cc(Cl)ccc3-n3cnnn3)nnc2Cl)cc1. The van der Waals surface area contributed by atoms with Crippen LogP contribution >= 0.6 is 23.2 Å².